The van der Waals surface area contributed by atoms with Crippen LogP contribution in [0.3, 0.4) is 0 Å². The third-order valence-electron chi connectivity index (χ3n) is 3.57. The molecule has 2 aliphatic carbocycles. The van der Waals surface area contributed by atoms with Crippen LogP contribution in [-0.2, 0) is 0 Å². The van der Waals surface area contributed by atoms with Crippen molar-refractivity contribution in [3.05, 3.63) is 11.6 Å². The van der Waals surface area contributed by atoms with Crippen LogP contribution in [0.25, 0.3) is 0 Å². The number of alkyl halides is 2. The summed E-state index contributed by atoms with van der Waals surface area (Å²) in [6.07, 6.45) is 3.34. The summed E-state index contributed by atoms with van der Waals surface area (Å²) in [4.78, 5) is 4.43. The van der Waals surface area contributed by atoms with Crippen molar-refractivity contribution >= 4 is 0 Å². The molecule has 0 amide bonds. The number of nitrogens with zero attached hydrogens (tertiary/aromatic N) is 2. The molecule has 0 radical (unpaired) electrons. The van der Waals surface area contributed by atoms with E-state index in [1.165, 1.54) is 12.8 Å². The van der Waals surface area contributed by atoms with Crippen LogP contribution in [0.1, 0.15) is 62.0 Å². The van der Waals surface area contributed by atoms with Crippen molar-refractivity contribution in [1.82, 2.24) is 15.2 Å². The Morgan fingerprint density at radius 3 is 2.38 bits per heavy atom. The van der Waals surface area contributed by atoms with E-state index in [-0.39, 0.29) is 18.8 Å². The van der Waals surface area contributed by atoms with Crippen molar-refractivity contribution in [3.8, 4) is 0 Å². The third-order valence-corrected chi connectivity index (χ3v) is 3.57. The van der Waals surface area contributed by atoms with Crippen LogP contribution in [-0.4, -0.2) is 21.1 Å². The number of aromatic nitrogens is 3. The molecule has 1 N–H and O–H groups in total. The van der Waals surface area contributed by atoms with Gasteiger partial charge in [0.2, 0.25) is 5.92 Å². The molecule has 0 aliphatic heterocycles. The predicted octanol–water partition coefficient (Wildman–Crippen LogP) is 2.98. The van der Waals surface area contributed by atoms with Crippen LogP contribution in [0, 0.1) is 0 Å². The SMILES string of the molecule is FC1(F)CCC(c2nc(C3CC3)n[nH]2)CC1. The molecule has 0 unspecified atom stereocenters. The molecule has 1 aromatic rings. The minimum Gasteiger partial charge on any atom is -0.263 e. The van der Waals surface area contributed by atoms with Crippen molar-refractivity contribution < 1.29 is 8.78 Å². The molecular weight excluding hydrogens is 212 g/mol. The molecule has 0 atom stereocenters. The van der Waals surface area contributed by atoms with Crippen molar-refractivity contribution in [2.75, 3.05) is 0 Å². The number of aromatic amines is 1. The number of hydrogen-bond donors (Lipinski definition) is 1. The molecule has 0 spiro atoms. The van der Waals surface area contributed by atoms with Gasteiger partial charge in [0.25, 0.3) is 0 Å². The first kappa shape index (κ1) is 10.2. The van der Waals surface area contributed by atoms with Crippen molar-refractivity contribution in [2.24, 2.45) is 0 Å². The number of hydrogen-bond acceptors (Lipinski definition) is 2. The van der Waals surface area contributed by atoms with E-state index in [0.717, 1.165) is 11.6 Å². The Kier molecular flexibility index (Phi) is 2.23. The zero-order valence-corrected chi connectivity index (χ0v) is 9.05. The molecule has 2 aliphatic rings. The summed E-state index contributed by atoms with van der Waals surface area (Å²) in [6.45, 7) is 0. The van der Waals surface area contributed by atoms with E-state index in [9.17, 15) is 8.78 Å². The van der Waals surface area contributed by atoms with E-state index >= 15 is 0 Å². The average molecular weight is 227 g/mol. The molecule has 1 aromatic heterocycles. The van der Waals surface area contributed by atoms with Gasteiger partial charge in [0.1, 0.15) is 5.82 Å². The highest BCUT2D eigenvalue weighted by atomic mass is 19.3. The zero-order valence-electron chi connectivity index (χ0n) is 9.05. The van der Waals surface area contributed by atoms with Crippen LogP contribution in [0.2, 0.25) is 0 Å². The Labute approximate surface area is 92.7 Å². The van der Waals surface area contributed by atoms with E-state index in [2.05, 4.69) is 15.2 Å². The van der Waals surface area contributed by atoms with E-state index < -0.39 is 5.92 Å². The minimum absolute atomic E-state index is 0.0167. The first-order valence-electron chi connectivity index (χ1n) is 5.94. The Morgan fingerprint density at radius 1 is 1.06 bits per heavy atom. The topological polar surface area (TPSA) is 41.6 Å². The van der Waals surface area contributed by atoms with E-state index in [1.807, 2.05) is 0 Å². The second-order valence-electron chi connectivity index (χ2n) is 4.98. The molecule has 16 heavy (non-hydrogen) atoms. The maximum absolute atomic E-state index is 13.0. The van der Waals surface area contributed by atoms with Crippen LogP contribution in [0.5, 0.6) is 0 Å². The molecule has 88 valence electrons. The minimum atomic E-state index is -2.46. The van der Waals surface area contributed by atoms with Gasteiger partial charge in [-0.15, -0.1) is 0 Å². The lowest BCUT2D eigenvalue weighted by atomic mass is 9.86. The molecular formula is C11H15F2N3. The van der Waals surface area contributed by atoms with Gasteiger partial charge in [-0.1, -0.05) is 0 Å². The van der Waals surface area contributed by atoms with E-state index in [1.54, 1.807) is 0 Å². The summed E-state index contributed by atoms with van der Waals surface area (Å²) in [6, 6.07) is 0. The summed E-state index contributed by atoms with van der Waals surface area (Å²) in [5.74, 6) is -0.0880. The van der Waals surface area contributed by atoms with Gasteiger partial charge in [0, 0.05) is 24.7 Å². The fourth-order valence-electron chi connectivity index (χ4n) is 2.31. The van der Waals surface area contributed by atoms with Crippen molar-refractivity contribution in [1.29, 1.82) is 0 Å². The van der Waals surface area contributed by atoms with Gasteiger partial charge >= 0.3 is 0 Å². The first-order chi connectivity index (χ1) is 7.64. The summed E-state index contributed by atoms with van der Waals surface area (Å²) in [5.41, 5.74) is 0. The third kappa shape index (κ3) is 1.95. The second kappa shape index (κ2) is 3.50. The lowest BCUT2D eigenvalue weighted by molar-refractivity contribution is -0.0387. The highest BCUT2D eigenvalue weighted by Crippen LogP contribution is 2.41. The summed E-state index contributed by atoms with van der Waals surface area (Å²) in [5, 5.41) is 7.08. The molecule has 2 fully saturated rings. The molecule has 1 heterocycles. The van der Waals surface area contributed by atoms with Crippen molar-refractivity contribution in [2.45, 2.75) is 56.3 Å². The first-order valence-corrected chi connectivity index (χ1v) is 5.94. The average Bonchev–Trinajstić information content (AvgIpc) is 2.98. The molecule has 0 bridgehead atoms. The van der Waals surface area contributed by atoms with Crippen LogP contribution in [0.4, 0.5) is 8.78 Å². The monoisotopic (exact) mass is 227 g/mol. The molecule has 0 saturated heterocycles. The Balaban J connectivity index is 1.68. The lowest BCUT2D eigenvalue weighted by Gasteiger charge is -2.26. The number of nitrogens with one attached hydrogen (secondary N) is 1. The lowest BCUT2D eigenvalue weighted by Crippen LogP contribution is -2.24. The van der Waals surface area contributed by atoms with Crippen LogP contribution >= 0.6 is 0 Å². The fraction of sp³-hybridized carbons (Fsp3) is 0.818. The molecule has 5 heteroatoms. The highest BCUT2D eigenvalue weighted by molar-refractivity contribution is 5.08. The maximum Gasteiger partial charge on any atom is 0.248 e. The highest BCUT2D eigenvalue weighted by Gasteiger charge is 2.37. The van der Waals surface area contributed by atoms with Gasteiger partial charge in [-0.25, -0.2) is 13.8 Å². The van der Waals surface area contributed by atoms with E-state index in [4.69, 9.17) is 0 Å². The van der Waals surface area contributed by atoms with Gasteiger partial charge < -0.3 is 0 Å². The van der Waals surface area contributed by atoms with Gasteiger partial charge in [-0.05, 0) is 25.7 Å². The smallest absolute Gasteiger partial charge is 0.248 e. The van der Waals surface area contributed by atoms with Crippen molar-refractivity contribution in [3.63, 3.8) is 0 Å². The largest absolute Gasteiger partial charge is 0.263 e. The van der Waals surface area contributed by atoms with Crippen LogP contribution in [0.15, 0.2) is 0 Å². The Hall–Kier alpha value is -1.00. The Bertz CT molecular complexity index is 374. The summed E-state index contributed by atoms with van der Waals surface area (Å²) >= 11 is 0. The summed E-state index contributed by atoms with van der Waals surface area (Å²) < 4.78 is 26.0. The van der Waals surface area contributed by atoms with Gasteiger partial charge in [-0.3, -0.25) is 5.10 Å². The quantitative estimate of drug-likeness (QED) is 0.843. The molecule has 3 nitrogen and oxygen atoms in total. The number of rotatable bonds is 2. The standard InChI is InChI=1S/C11H15F2N3/c12-11(13)5-3-8(4-6-11)10-14-9(15-16-10)7-1-2-7/h7-8H,1-6H2,(H,14,15,16). The number of halogens is 2. The normalized spacial score (nSPS) is 25.9. The molecule has 2 saturated carbocycles. The fourth-order valence-corrected chi connectivity index (χ4v) is 2.31. The van der Waals surface area contributed by atoms with Gasteiger partial charge in [0.15, 0.2) is 5.82 Å². The second-order valence-corrected chi connectivity index (χ2v) is 4.98. The van der Waals surface area contributed by atoms with Gasteiger partial charge in [0.05, 0.1) is 0 Å². The molecule has 3 rings (SSSR count). The summed E-state index contributed by atoms with van der Waals surface area (Å²) in [7, 11) is 0. The maximum atomic E-state index is 13.0. The van der Waals surface area contributed by atoms with Gasteiger partial charge in [-0.2, -0.15) is 5.10 Å². The van der Waals surface area contributed by atoms with Crippen LogP contribution < -0.4 is 0 Å². The Morgan fingerprint density at radius 2 is 1.75 bits per heavy atom. The zero-order chi connectivity index (χ0) is 11.2. The number of H-pyrrole nitrogens is 1. The van der Waals surface area contributed by atoms with E-state index in [0.29, 0.717) is 18.8 Å². The molecule has 0 aromatic carbocycles. The predicted molar refractivity (Wildman–Crippen MR) is 54.5 cm³/mol.